The van der Waals surface area contributed by atoms with Crippen LogP contribution in [0, 0.1) is 0 Å². The largest absolute Gasteiger partial charge is 0.465 e. The number of nitrogens with zero attached hydrogens (tertiary/aromatic N) is 1. The number of ether oxygens (including phenoxy) is 1. The summed E-state index contributed by atoms with van der Waals surface area (Å²) in [6, 6.07) is 18.7. The number of halogens is 3. The zero-order chi connectivity index (χ0) is 25.2. The molecule has 0 bridgehead atoms. The van der Waals surface area contributed by atoms with Crippen LogP contribution in [-0.4, -0.2) is 23.6 Å². The summed E-state index contributed by atoms with van der Waals surface area (Å²) >= 11 is 0. The molecule has 0 saturated carbocycles. The van der Waals surface area contributed by atoms with Crippen LogP contribution in [0.25, 0.3) is 10.9 Å². The lowest BCUT2D eigenvalue weighted by Gasteiger charge is -2.16. The molecular weight excluding hydrogens is 457 g/mol. The van der Waals surface area contributed by atoms with E-state index in [9.17, 15) is 22.8 Å². The Bertz CT molecular complexity index is 1370. The molecule has 0 aliphatic heterocycles. The van der Waals surface area contributed by atoms with Crippen LogP contribution in [0.3, 0.4) is 0 Å². The lowest BCUT2D eigenvalue weighted by Crippen LogP contribution is -2.27. The van der Waals surface area contributed by atoms with Gasteiger partial charge in [0.1, 0.15) is 0 Å². The fourth-order valence-corrected chi connectivity index (χ4v) is 4.00. The first-order chi connectivity index (χ1) is 16.7. The molecule has 0 aliphatic carbocycles. The number of aromatic nitrogens is 1. The number of hydrogen-bond donors (Lipinski definition) is 1. The third-order valence-electron chi connectivity index (χ3n) is 5.82. The number of carbonyl (C=O) groups excluding carboxylic acids is 2. The number of para-hydroxylation sites is 1. The second-order valence-corrected chi connectivity index (χ2v) is 8.19. The minimum Gasteiger partial charge on any atom is -0.465 e. The number of methoxy groups -OCH3 is 1. The predicted molar refractivity (Wildman–Crippen MR) is 126 cm³/mol. The van der Waals surface area contributed by atoms with Crippen LogP contribution in [0.1, 0.15) is 50.4 Å². The Morgan fingerprint density at radius 1 is 1.00 bits per heavy atom. The summed E-state index contributed by atoms with van der Waals surface area (Å²) in [6.07, 6.45) is -2.67. The van der Waals surface area contributed by atoms with Gasteiger partial charge >= 0.3 is 12.1 Å². The lowest BCUT2D eigenvalue weighted by atomic mass is 10.0. The molecule has 1 N–H and O–H groups in total. The number of rotatable bonds is 6. The predicted octanol–water partition coefficient (Wildman–Crippen LogP) is 5.99. The molecule has 4 aromatic rings. The van der Waals surface area contributed by atoms with E-state index in [2.05, 4.69) is 5.32 Å². The summed E-state index contributed by atoms with van der Waals surface area (Å²) in [4.78, 5) is 24.8. The van der Waals surface area contributed by atoms with E-state index < -0.39 is 17.7 Å². The first kappa shape index (κ1) is 24.1. The Morgan fingerprint density at radius 3 is 2.40 bits per heavy atom. The number of hydrogen-bond acceptors (Lipinski definition) is 3. The van der Waals surface area contributed by atoms with Crippen molar-refractivity contribution in [1.29, 1.82) is 0 Å². The third-order valence-corrected chi connectivity index (χ3v) is 5.82. The molecule has 3 aromatic carbocycles. The number of nitrogens with one attached hydrogen (secondary N) is 1. The van der Waals surface area contributed by atoms with Crippen molar-refractivity contribution >= 4 is 22.8 Å². The molecule has 35 heavy (non-hydrogen) atoms. The fraction of sp³-hybridized carbons (Fsp3) is 0.185. The van der Waals surface area contributed by atoms with Crippen molar-refractivity contribution in [2.75, 3.05) is 7.11 Å². The maximum absolute atomic E-state index is 13.2. The van der Waals surface area contributed by atoms with E-state index in [1.165, 1.54) is 13.2 Å². The Morgan fingerprint density at radius 2 is 1.71 bits per heavy atom. The van der Waals surface area contributed by atoms with Crippen LogP contribution in [0.2, 0.25) is 0 Å². The number of fused-ring (bicyclic) bond motifs is 1. The number of alkyl halides is 3. The summed E-state index contributed by atoms with van der Waals surface area (Å²) in [5, 5.41) is 3.77. The van der Waals surface area contributed by atoms with Gasteiger partial charge in [0.25, 0.3) is 5.91 Å². The van der Waals surface area contributed by atoms with Gasteiger partial charge in [-0.15, -0.1) is 0 Å². The van der Waals surface area contributed by atoms with E-state index in [0.29, 0.717) is 22.2 Å². The quantitative estimate of drug-likeness (QED) is 0.345. The van der Waals surface area contributed by atoms with E-state index in [4.69, 9.17) is 4.74 Å². The average molecular weight is 480 g/mol. The Balaban J connectivity index is 1.59. The summed E-state index contributed by atoms with van der Waals surface area (Å²) < 4.78 is 45.9. The molecule has 8 heteroatoms. The zero-order valence-electron chi connectivity index (χ0n) is 19.1. The van der Waals surface area contributed by atoms with Crippen LogP contribution in [0.5, 0.6) is 0 Å². The van der Waals surface area contributed by atoms with Crippen molar-refractivity contribution in [1.82, 2.24) is 9.88 Å². The second kappa shape index (κ2) is 9.66. The van der Waals surface area contributed by atoms with Crippen molar-refractivity contribution in [3.05, 3.63) is 107 Å². The summed E-state index contributed by atoms with van der Waals surface area (Å²) in [5.41, 5.74) is 2.03. The van der Waals surface area contributed by atoms with Gasteiger partial charge in [-0.1, -0.05) is 36.4 Å². The van der Waals surface area contributed by atoms with Crippen LogP contribution < -0.4 is 5.32 Å². The molecule has 0 spiro atoms. The third kappa shape index (κ3) is 5.21. The van der Waals surface area contributed by atoms with Gasteiger partial charge in [-0.2, -0.15) is 13.2 Å². The van der Waals surface area contributed by atoms with Crippen LogP contribution in [-0.2, 0) is 17.5 Å². The van der Waals surface area contributed by atoms with Gasteiger partial charge in [-0.25, -0.2) is 4.79 Å². The highest BCUT2D eigenvalue weighted by atomic mass is 19.4. The monoisotopic (exact) mass is 480 g/mol. The van der Waals surface area contributed by atoms with Crippen molar-refractivity contribution in [3.63, 3.8) is 0 Å². The Kier molecular flexibility index (Phi) is 6.64. The van der Waals surface area contributed by atoms with Crippen molar-refractivity contribution < 1.29 is 27.5 Å². The standard InChI is InChI=1S/C27H23F3N2O3/c1-17(19-9-11-21(12-10-19)26(34)35-2)31-25(33)23-8-4-6-20-13-14-32(24(20)23)16-18-5-3-7-22(15-18)27(28,29)30/h3-15,17H,16H2,1-2H3,(H,31,33)/t17-/m0/s1. The minimum atomic E-state index is -4.43. The first-order valence-electron chi connectivity index (χ1n) is 10.9. The maximum atomic E-state index is 13.2. The lowest BCUT2D eigenvalue weighted by molar-refractivity contribution is -0.137. The molecule has 0 aliphatic rings. The molecule has 180 valence electrons. The molecule has 4 rings (SSSR count). The molecule has 5 nitrogen and oxygen atoms in total. The van der Waals surface area contributed by atoms with Gasteiger partial charge in [0.05, 0.1) is 35.4 Å². The number of esters is 1. The van der Waals surface area contributed by atoms with Gasteiger partial charge in [0, 0.05) is 18.1 Å². The van der Waals surface area contributed by atoms with E-state index in [0.717, 1.165) is 23.1 Å². The minimum absolute atomic E-state index is 0.183. The average Bonchev–Trinajstić information content (AvgIpc) is 3.26. The second-order valence-electron chi connectivity index (χ2n) is 8.19. The highest BCUT2D eigenvalue weighted by Gasteiger charge is 2.30. The molecular formula is C27H23F3N2O3. The molecule has 0 saturated heterocycles. The van der Waals surface area contributed by atoms with E-state index >= 15 is 0 Å². The highest BCUT2D eigenvalue weighted by molar-refractivity contribution is 6.06. The van der Waals surface area contributed by atoms with Gasteiger partial charge in [0.2, 0.25) is 0 Å². The molecule has 0 unspecified atom stereocenters. The molecule has 0 fully saturated rings. The van der Waals surface area contributed by atoms with Gasteiger partial charge in [0.15, 0.2) is 0 Å². The first-order valence-corrected chi connectivity index (χ1v) is 10.9. The number of amides is 1. The topological polar surface area (TPSA) is 60.3 Å². The van der Waals surface area contributed by atoms with Gasteiger partial charge < -0.3 is 14.6 Å². The molecule has 1 amide bonds. The highest BCUT2D eigenvalue weighted by Crippen LogP contribution is 2.30. The zero-order valence-corrected chi connectivity index (χ0v) is 19.1. The van der Waals surface area contributed by atoms with Crippen LogP contribution in [0.15, 0.2) is 79.0 Å². The fourth-order valence-electron chi connectivity index (χ4n) is 4.00. The normalized spacial score (nSPS) is 12.4. The Labute approximate surface area is 200 Å². The van der Waals surface area contributed by atoms with Crippen molar-refractivity contribution in [2.45, 2.75) is 25.7 Å². The molecule has 0 radical (unpaired) electrons. The smallest absolute Gasteiger partial charge is 0.416 e. The Hall–Kier alpha value is -4.07. The van der Waals surface area contributed by atoms with E-state index in [-0.39, 0.29) is 18.5 Å². The van der Waals surface area contributed by atoms with E-state index in [1.54, 1.807) is 53.2 Å². The SMILES string of the molecule is COC(=O)c1ccc([C@H](C)NC(=O)c2cccc3ccn(Cc4cccc(C(F)(F)F)c4)c23)cc1. The van der Waals surface area contributed by atoms with Gasteiger partial charge in [-0.3, -0.25) is 4.79 Å². The summed E-state index contributed by atoms with van der Waals surface area (Å²) in [5.74, 6) is -0.759. The summed E-state index contributed by atoms with van der Waals surface area (Å²) in [6.45, 7) is 2.01. The van der Waals surface area contributed by atoms with E-state index in [1.807, 2.05) is 19.1 Å². The number of carbonyl (C=O) groups is 2. The molecule has 1 atom stereocenters. The number of benzene rings is 3. The van der Waals surface area contributed by atoms with Crippen molar-refractivity contribution in [2.24, 2.45) is 0 Å². The van der Waals surface area contributed by atoms with Crippen molar-refractivity contribution in [3.8, 4) is 0 Å². The molecule has 1 aromatic heterocycles. The maximum Gasteiger partial charge on any atom is 0.416 e. The van der Waals surface area contributed by atoms with Crippen LogP contribution in [0.4, 0.5) is 13.2 Å². The van der Waals surface area contributed by atoms with Gasteiger partial charge in [-0.05, 0) is 54.4 Å². The van der Waals surface area contributed by atoms with Crippen LogP contribution >= 0.6 is 0 Å². The molecule has 1 heterocycles. The summed E-state index contributed by atoms with van der Waals surface area (Å²) in [7, 11) is 1.31.